The summed E-state index contributed by atoms with van der Waals surface area (Å²) in [6.07, 6.45) is 3.38. The van der Waals surface area contributed by atoms with E-state index in [0.717, 1.165) is 15.4 Å². The number of fused-ring (bicyclic) bond motifs is 1. The highest BCUT2D eigenvalue weighted by atomic mass is 32.2. The number of hydrogen-bond acceptors (Lipinski definition) is 3. The van der Waals surface area contributed by atoms with Crippen LogP contribution in [-0.4, -0.2) is 17.3 Å². The molecule has 0 radical (unpaired) electrons. The van der Waals surface area contributed by atoms with E-state index in [1.165, 1.54) is 11.8 Å². The van der Waals surface area contributed by atoms with Crippen molar-refractivity contribution in [3.63, 3.8) is 0 Å². The number of hydrogen-bond donors (Lipinski definition) is 1. The molecule has 0 aromatic heterocycles. The van der Waals surface area contributed by atoms with Crippen molar-refractivity contribution in [3.8, 4) is 0 Å². The molecule has 0 atom stereocenters. The maximum atomic E-state index is 10.6. The minimum absolute atomic E-state index is 0.0241. The molecule has 0 bridgehead atoms. The van der Waals surface area contributed by atoms with Crippen molar-refractivity contribution in [2.75, 3.05) is 0 Å². The van der Waals surface area contributed by atoms with Gasteiger partial charge in [0.05, 0.1) is 6.42 Å². The predicted molar refractivity (Wildman–Crippen MR) is 60.2 cm³/mol. The van der Waals surface area contributed by atoms with Crippen molar-refractivity contribution in [1.29, 1.82) is 0 Å². The summed E-state index contributed by atoms with van der Waals surface area (Å²) in [4.78, 5) is 16.5. The van der Waals surface area contributed by atoms with E-state index < -0.39 is 5.97 Å². The minimum Gasteiger partial charge on any atom is -0.481 e. The van der Waals surface area contributed by atoms with Crippen LogP contribution in [0.5, 0.6) is 0 Å². The van der Waals surface area contributed by atoms with Gasteiger partial charge < -0.3 is 5.11 Å². The average Bonchev–Trinajstić information content (AvgIpc) is 2.38. The normalized spacial score (nSPS) is 14.0. The van der Waals surface area contributed by atoms with Gasteiger partial charge in [0.15, 0.2) is 0 Å². The Morgan fingerprint density at radius 3 is 3.00 bits per heavy atom. The van der Waals surface area contributed by atoms with E-state index >= 15 is 0 Å². The molecule has 1 aromatic carbocycles. The number of aliphatic carboxylic acids is 1. The van der Waals surface area contributed by atoms with Gasteiger partial charge in [-0.15, -0.1) is 0 Å². The van der Waals surface area contributed by atoms with Gasteiger partial charge in [0.2, 0.25) is 0 Å². The third-order valence-electron chi connectivity index (χ3n) is 1.92. The van der Waals surface area contributed by atoms with E-state index in [0.29, 0.717) is 0 Å². The number of benzene rings is 1. The zero-order valence-electron chi connectivity index (χ0n) is 7.88. The fourth-order valence-corrected chi connectivity index (χ4v) is 2.26. The molecule has 76 valence electrons. The number of nitrogens with zero attached hydrogens (tertiary/aromatic N) is 1. The minimum atomic E-state index is -0.830. The molecule has 1 aliphatic heterocycles. The molecule has 15 heavy (non-hydrogen) atoms. The Morgan fingerprint density at radius 1 is 1.40 bits per heavy atom. The SMILES string of the molecule is O=C(O)CC1=CN=Cc2ccccc2S1. The zero-order chi connectivity index (χ0) is 10.7. The molecule has 3 nitrogen and oxygen atoms in total. The molecular weight excluding hydrogens is 210 g/mol. The van der Waals surface area contributed by atoms with Gasteiger partial charge in [-0.2, -0.15) is 0 Å². The van der Waals surface area contributed by atoms with Crippen molar-refractivity contribution in [2.24, 2.45) is 4.99 Å². The molecule has 2 rings (SSSR count). The summed E-state index contributed by atoms with van der Waals surface area (Å²) >= 11 is 1.46. The van der Waals surface area contributed by atoms with Crippen LogP contribution in [0.1, 0.15) is 12.0 Å². The lowest BCUT2D eigenvalue weighted by Crippen LogP contribution is -1.94. The van der Waals surface area contributed by atoms with Gasteiger partial charge in [0, 0.05) is 27.8 Å². The molecule has 0 saturated carbocycles. The fourth-order valence-electron chi connectivity index (χ4n) is 1.28. The van der Waals surface area contributed by atoms with Gasteiger partial charge in [-0.1, -0.05) is 30.0 Å². The number of rotatable bonds is 2. The second-order valence-corrected chi connectivity index (χ2v) is 4.25. The summed E-state index contributed by atoms with van der Waals surface area (Å²) in [6.45, 7) is 0. The Kier molecular flexibility index (Phi) is 2.87. The first kappa shape index (κ1) is 9.98. The monoisotopic (exact) mass is 219 g/mol. The Hall–Kier alpha value is -1.55. The summed E-state index contributed by atoms with van der Waals surface area (Å²) in [6, 6.07) is 7.80. The number of carboxylic acid groups (broad SMARTS) is 1. The first-order valence-electron chi connectivity index (χ1n) is 4.46. The van der Waals surface area contributed by atoms with Crippen molar-refractivity contribution in [3.05, 3.63) is 40.9 Å². The Morgan fingerprint density at radius 2 is 2.20 bits per heavy atom. The molecular formula is C11H9NO2S. The van der Waals surface area contributed by atoms with E-state index in [4.69, 9.17) is 5.11 Å². The van der Waals surface area contributed by atoms with Gasteiger partial charge in [-0.3, -0.25) is 9.79 Å². The number of aliphatic imine (C=N–C) groups is 1. The molecule has 1 N–H and O–H groups in total. The highest BCUT2D eigenvalue weighted by Gasteiger charge is 2.10. The summed E-state index contributed by atoms with van der Waals surface area (Å²) in [7, 11) is 0. The van der Waals surface area contributed by atoms with E-state index in [1.54, 1.807) is 12.4 Å². The summed E-state index contributed by atoms with van der Waals surface area (Å²) < 4.78 is 0. The third kappa shape index (κ3) is 2.47. The molecule has 1 heterocycles. The van der Waals surface area contributed by atoms with Gasteiger partial charge >= 0.3 is 5.97 Å². The largest absolute Gasteiger partial charge is 0.481 e. The average molecular weight is 219 g/mol. The second kappa shape index (κ2) is 4.31. The van der Waals surface area contributed by atoms with Crippen LogP contribution in [0.3, 0.4) is 0 Å². The quantitative estimate of drug-likeness (QED) is 0.831. The van der Waals surface area contributed by atoms with E-state index in [9.17, 15) is 4.79 Å². The number of thioether (sulfide) groups is 1. The van der Waals surface area contributed by atoms with Crippen LogP contribution in [-0.2, 0) is 4.79 Å². The Labute approximate surface area is 91.5 Å². The van der Waals surface area contributed by atoms with Gasteiger partial charge in [0.25, 0.3) is 0 Å². The summed E-state index contributed by atoms with van der Waals surface area (Å²) in [5, 5.41) is 8.70. The van der Waals surface area contributed by atoms with Crippen molar-refractivity contribution >= 4 is 23.9 Å². The highest BCUT2D eigenvalue weighted by Crippen LogP contribution is 2.32. The predicted octanol–water partition coefficient (Wildman–Crippen LogP) is 2.53. The Bertz CT molecular complexity index is 452. The maximum Gasteiger partial charge on any atom is 0.308 e. The third-order valence-corrected chi connectivity index (χ3v) is 3.02. The lowest BCUT2D eigenvalue weighted by molar-refractivity contribution is -0.136. The first-order valence-corrected chi connectivity index (χ1v) is 5.28. The maximum absolute atomic E-state index is 10.6. The molecule has 0 aliphatic carbocycles. The smallest absolute Gasteiger partial charge is 0.308 e. The summed E-state index contributed by atoms with van der Waals surface area (Å²) in [5.41, 5.74) is 1.03. The molecule has 0 fully saturated rings. The summed E-state index contributed by atoms with van der Waals surface area (Å²) in [5.74, 6) is -0.830. The van der Waals surface area contributed by atoms with Crippen molar-refractivity contribution in [1.82, 2.24) is 0 Å². The van der Waals surface area contributed by atoms with Crippen LogP contribution in [0.25, 0.3) is 0 Å². The van der Waals surface area contributed by atoms with Crippen molar-refractivity contribution < 1.29 is 9.90 Å². The van der Waals surface area contributed by atoms with Crippen molar-refractivity contribution in [2.45, 2.75) is 11.3 Å². The molecule has 0 saturated heterocycles. The van der Waals surface area contributed by atoms with Gasteiger partial charge in [0.1, 0.15) is 0 Å². The molecule has 0 unspecified atom stereocenters. The van der Waals surface area contributed by atoms with E-state index in [-0.39, 0.29) is 6.42 Å². The fraction of sp³-hybridized carbons (Fsp3) is 0.0909. The zero-order valence-corrected chi connectivity index (χ0v) is 8.70. The van der Waals surface area contributed by atoms with Gasteiger partial charge in [-0.05, 0) is 6.07 Å². The van der Waals surface area contributed by atoms with Crippen LogP contribution >= 0.6 is 11.8 Å². The lowest BCUT2D eigenvalue weighted by Gasteiger charge is -2.03. The molecule has 1 aromatic rings. The number of carbonyl (C=O) groups is 1. The highest BCUT2D eigenvalue weighted by molar-refractivity contribution is 8.03. The topological polar surface area (TPSA) is 49.7 Å². The molecule has 0 spiro atoms. The Balaban J connectivity index is 2.27. The van der Waals surface area contributed by atoms with E-state index in [1.807, 2.05) is 24.3 Å². The van der Waals surface area contributed by atoms with E-state index in [2.05, 4.69) is 4.99 Å². The molecule has 0 amide bonds. The molecule has 1 aliphatic rings. The van der Waals surface area contributed by atoms with Crippen LogP contribution in [0.4, 0.5) is 0 Å². The van der Waals surface area contributed by atoms with Crippen LogP contribution in [0.2, 0.25) is 0 Å². The lowest BCUT2D eigenvalue weighted by atomic mass is 10.2. The van der Waals surface area contributed by atoms with Gasteiger partial charge in [-0.25, -0.2) is 0 Å². The second-order valence-electron chi connectivity index (χ2n) is 3.08. The molecule has 4 heteroatoms. The first-order chi connectivity index (χ1) is 7.25. The van der Waals surface area contributed by atoms with Crippen LogP contribution in [0.15, 0.2) is 45.3 Å². The van der Waals surface area contributed by atoms with Crippen LogP contribution in [0, 0.1) is 0 Å². The number of carboxylic acids is 1. The van der Waals surface area contributed by atoms with Crippen LogP contribution < -0.4 is 0 Å². The standard InChI is InChI=1S/C11H9NO2S/c13-11(14)5-9-7-12-6-8-3-1-2-4-10(8)15-9/h1-4,6-7H,5H2,(H,13,14).